The van der Waals surface area contributed by atoms with Gasteiger partial charge < -0.3 is 4.57 Å². The van der Waals surface area contributed by atoms with E-state index in [1.165, 1.54) is 0 Å². The third-order valence-electron chi connectivity index (χ3n) is 5.71. The molecule has 0 saturated heterocycles. The molecule has 3 heterocycles. The predicted molar refractivity (Wildman–Crippen MR) is 128 cm³/mol. The SMILES string of the molecule is C#CCCc1nc2c(C)cc(C)nc2n1Cc1ccc(-c2ccccc2-c2nn[nH]n2)cc1. The maximum absolute atomic E-state index is 5.53. The minimum Gasteiger partial charge on any atom is -0.308 e. The topological polar surface area (TPSA) is 85.2 Å². The van der Waals surface area contributed by atoms with E-state index in [0.717, 1.165) is 56.9 Å². The van der Waals surface area contributed by atoms with Gasteiger partial charge in [-0.25, -0.2) is 9.97 Å². The first-order chi connectivity index (χ1) is 16.1. The number of hydrogen-bond acceptors (Lipinski definition) is 5. The molecule has 0 bridgehead atoms. The standard InChI is InChI=1S/C26H23N7/c1-4-5-10-23-28-24-17(2)15-18(3)27-26(24)33(23)16-19-11-13-20(14-12-19)21-8-6-7-9-22(21)25-29-31-32-30-25/h1,6-9,11-15H,5,10,16H2,2-3H3,(H,29,30,31,32). The van der Waals surface area contributed by atoms with E-state index in [9.17, 15) is 0 Å². The van der Waals surface area contributed by atoms with E-state index in [0.29, 0.717) is 18.8 Å². The van der Waals surface area contributed by atoms with E-state index in [1.54, 1.807) is 0 Å². The number of benzene rings is 2. The van der Waals surface area contributed by atoms with Gasteiger partial charge in [-0.3, -0.25) is 0 Å². The number of tetrazole rings is 1. The van der Waals surface area contributed by atoms with Crippen molar-refractivity contribution < 1.29 is 0 Å². The summed E-state index contributed by atoms with van der Waals surface area (Å²) in [6.07, 6.45) is 6.90. The van der Waals surface area contributed by atoms with Gasteiger partial charge in [0.1, 0.15) is 11.3 Å². The largest absolute Gasteiger partial charge is 0.308 e. The number of imidazole rings is 1. The Morgan fingerprint density at radius 1 is 1.00 bits per heavy atom. The number of rotatable bonds is 6. The molecule has 0 fully saturated rings. The minimum absolute atomic E-state index is 0.578. The Morgan fingerprint density at radius 3 is 2.52 bits per heavy atom. The van der Waals surface area contributed by atoms with E-state index < -0.39 is 0 Å². The summed E-state index contributed by atoms with van der Waals surface area (Å²) >= 11 is 0. The smallest absolute Gasteiger partial charge is 0.205 e. The third kappa shape index (κ3) is 3.99. The molecule has 0 saturated carbocycles. The Hall–Kier alpha value is -4.31. The number of nitrogens with one attached hydrogen (secondary N) is 1. The second-order valence-electron chi connectivity index (χ2n) is 8.05. The third-order valence-corrected chi connectivity index (χ3v) is 5.71. The molecule has 0 amide bonds. The van der Waals surface area contributed by atoms with Crippen molar-refractivity contribution in [3.63, 3.8) is 0 Å². The molecule has 0 atom stereocenters. The van der Waals surface area contributed by atoms with Crippen LogP contribution in [0, 0.1) is 26.2 Å². The summed E-state index contributed by atoms with van der Waals surface area (Å²) < 4.78 is 2.19. The van der Waals surface area contributed by atoms with Gasteiger partial charge in [-0.05, 0) is 47.4 Å². The van der Waals surface area contributed by atoms with E-state index in [1.807, 2.05) is 25.1 Å². The zero-order valence-electron chi connectivity index (χ0n) is 18.6. The van der Waals surface area contributed by atoms with Crippen molar-refractivity contribution in [1.29, 1.82) is 0 Å². The number of hydrogen-bond donors (Lipinski definition) is 1. The van der Waals surface area contributed by atoms with Crippen LogP contribution < -0.4 is 0 Å². The molecular formula is C26H23N7. The lowest BCUT2D eigenvalue weighted by atomic mass is 9.98. The average Bonchev–Trinajstić information content (AvgIpc) is 3.48. The van der Waals surface area contributed by atoms with Gasteiger partial charge in [0.15, 0.2) is 5.65 Å². The summed E-state index contributed by atoms with van der Waals surface area (Å²) in [4.78, 5) is 9.67. The van der Waals surface area contributed by atoms with Gasteiger partial charge in [-0.1, -0.05) is 48.5 Å². The second-order valence-corrected chi connectivity index (χ2v) is 8.05. The minimum atomic E-state index is 0.578. The number of aromatic amines is 1. The number of aromatic nitrogens is 7. The van der Waals surface area contributed by atoms with Crippen molar-refractivity contribution >= 4 is 11.2 Å². The summed E-state index contributed by atoms with van der Waals surface area (Å²) in [5.74, 6) is 4.28. The Morgan fingerprint density at radius 2 is 1.79 bits per heavy atom. The van der Waals surface area contributed by atoms with Crippen LogP contribution in [-0.2, 0) is 13.0 Å². The number of terminal acetylenes is 1. The highest BCUT2D eigenvalue weighted by atomic mass is 15.5. The zero-order chi connectivity index (χ0) is 22.8. The van der Waals surface area contributed by atoms with Crippen molar-refractivity contribution in [2.24, 2.45) is 0 Å². The summed E-state index contributed by atoms with van der Waals surface area (Å²) in [5.41, 5.74) is 8.21. The summed E-state index contributed by atoms with van der Waals surface area (Å²) in [7, 11) is 0. The molecule has 3 aromatic heterocycles. The van der Waals surface area contributed by atoms with Crippen LogP contribution in [0.4, 0.5) is 0 Å². The molecule has 0 aliphatic rings. The molecule has 5 rings (SSSR count). The summed E-state index contributed by atoms with van der Waals surface area (Å²) in [6.45, 7) is 4.77. The maximum atomic E-state index is 5.53. The van der Waals surface area contributed by atoms with Crippen LogP contribution in [0.3, 0.4) is 0 Å². The van der Waals surface area contributed by atoms with Gasteiger partial charge in [0.05, 0.1) is 6.54 Å². The summed E-state index contributed by atoms with van der Waals surface area (Å²) in [6, 6.07) is 18.7. The molecule has 2 aromatic carbocycles. The quantitative estimate of drug-likeness (QED) is 0.398. The fourth-order valence-electron chi connectivity index (χ4n) is 4.17. The van der Waals surface area contributed by atoms with Crippen LogP contribution in [0.25, 0.3) is 33.7 Å². The van der Waals surface area contributed by atoms with Crippen LogP contribution in [-0.4, -0.2) is 35.2 Å². The van der Waals surface area contributed by atoms with Gasteiger partial charge in [0.25, 0.3) is 0 Å². The molecule has 0 aliphatic carbocycles. The van der Waals surface area contributed by atoms with E-state index >= 15 is 0 Å². The first-order valence-corrected chi connectivity index (χ1v) is 10.8. The number of nitrogens with zero attached hydrogens (tertiary/aromatic N) is 6. The molecule has 5 aromatic rings. The Bertz CT molecular complexity index is 1460. The molecule has 7 nitrogen and oxygen atoms in total. The molecule has 0 radical (unpaired) electrons. The Kier molecular flexibility index (Phi) is 5.41. The molecule has 0 aliphatic heterocycles. The Balaban J connectivity index is 1.50. The van der Waals surface area contributed by atoms with Crippen LogP contribution in [0.15, 0.2) is 54.6 Å². The highest BCUT2D eigenvalue weighted by Crippen LogP contribution is 2.30. The van der Waals surface area contributed by atoms with Gasteiger partial charge in [0.2, 0.25) is 5.82 Å². The Labute approximate surface area is 191 Å². The first kappa shape index (κ1) is 20.6. The lowest BCUT2D eigenvalue weighted by molar-refractivity contribution is 0.732. The number of H-pyrrole nitrogens is 1. The van der Waals surface area contributed by atoms with Crippen LogP contribution >= 0.6 is 0 Å². The zero-order valence-corrected chi connectivity index (χ0v) is 18.6. The van der Waals surface area contributed by atoms with Crippen LogP contribution in [0.2, 0.25) is 0 Å². The lowest BCUT2D eigenvalue weighted by Gasteiger charge is -2.11. The van der Waals surface area contributed by atoms with Crippen LogP contribution in [0.1, 0.15) is 29.1 Å². The summed E-state index contributed by atoms with van der Waals surface area (Å²) in [5, 5.41) is 14.5. The molecule has 162 valence electrons. The van der Waals surface area contributed by atoms with Gasteiger partial charge in [-0.2, -0.15) is 5.21 Å². The van der Waals surface area contributed by atoms with Crippen molar-refractivity contribution in [3.8, 4) is 34.9 Å². The van der Waals surface area contributed by atoms with Crippen molar-refractivity contribution in [2.75, 3.05) is 0 Å². The second kappa shape index (κ2) is 8.67. The number of aryl methyl sites for hydroxylation is 3. The van der Waals surface area contributed by atoms with E-state index in [4.69, 9.17) is 16.4 Å². The number of pyridine rings is 1. The lowest BCUT2D eigenvalue weighted by Crippen LogP contribution is -2.06. The fourth-order valence-corrected chi connectivity index (χ4v) is 4.17. The average molecular weight is 434 g/mol. The molecule has 0 spiro atoms. The molecule has 7 heteroatoms. The molecule has 1 N–H and O–H groups in total. The fraction of sp³-hybridized carbons (Fsp3) is 0.192. The first-order valence-electron chi connectivity index (χ1n) is 10.8. The maximum Gasteiger partial charge on any atom is 0.205 e. The number of fused-ring (bicyclic) bond motifs is 1. The molecular weight excluding hydrogens is 410 g/mol. The van der Waals surface area contributed by atoms with Crippen molar-refractivity contribution in [1.82, 2.24) is 35.2 Å². The van der Waals surface area contributed by atoms with Gasteiger partial charge >= 0.3 is 0 Å². The van der Waals surface area contributed by atoms with Crippen LogP contribution in [0.5, 0.6) is 0 Å². The predicted octanol–water partition coefficient (Wildman–Crippen LogP) is 4.51. The molecule has 33 heavy (non-hydrogen) atoms. The van der Waals surface area contributed by atoms with Crippen molar-refractivity contribution in [2.45, 2.75) is 33.2 Å². The van der Waals surface area contributed by atoms with Gasteiger partial charge in [-0.15, -0.1) is 22.5 Å². The molecule has 0 unspecified atom stereocenters. The normalized spacial score (nSPS) is 11.1. The van der Waals surface area contributed by atoms with Crippen molar-refractivity contribution in [3.05, 3.63) is 77.2 Å². The van der Waals surface area contributed by atoms with Gasteiger partial charge in [0, 0.05) is 24.1 Å². The highest BCUT2D eigenvalue weighted by molar-refractivity contribution is 5.80. The van der Waals surface area contributed by atoms with E-state index in [2.05, 4.69) is 74.4 Å². The monoisotopic (exact) mass is 433 g/mol. The van der Waals surface area contributed by atoms with E-state index in [-0.39, 0.29) is 0 Å². The highest BCUT2D eigenvalue weighted by Gasteiger charge is 2.15.